The number of nitrogens with two attached hydrogens (primary N) is 1. The highest BCUT2D eigenvalue weighted by Crippen LogP contribution is 2.37. The van der Waals surface area contributed by atoms with Crippen molar-refractivity contribution >= 4 is 35.3 Å². The number of nitrogens with one attached hydrogen (secondary N) is 3. The Morgan fingerprint density at radius 2 is 1.47 bits per heavy atom. The average molecular weight is 630 g/mol. The van der Waals surface area contributed by atoms with Crippen LogP contribution in [0.15, 0.2) is 0 Å². The Morgan fingerprint density at radius 1 is 0.822 bits per heavy atom. The summed E-state index contributed by atoms with van der Waals surface area (Å²) in [5.41, 5.74) is 4.63. The van der Waals surface area contributed by atoms with Gasteiger partial charge in [-0.15, -0.1) is 0 Å². The summed E-state index contributed by atoms with van der Waals surface area (Å²) in [7, 11) is 0. The van der Waals surface area contributed by atoms with E-state index in [9.17, 15) is 28.8 Å². The van der Waals surface area contributed by atoms with E-state index in [0.29, 0.717) is 19.4 Å². The molecule has 4 rings (SSSR count). The van der Waals surface area contributed by atoms with Gasteiger partial charge in [-0.2, -0.15) is 0 Å². The molecule has 5 amide bonds. The molecular formula is C34H55N5O6. The predicted molar refractivity (Wildman–Crippen MR) is 170 cm³/mol. The first-order valence-corrected chi connectivity index (χ1v) is 17.2. The molecule has 11 nitrogen and oxygen atoms in total. The van der Waals surface area contributed by atoms with Gasteiger partial charge in [-0.3, -0.25) is 24.0 Å². The fourth-order valence-corrected chi connectivity index (χ4v) is 7.46. The SMILES string of the molecule is CC(C)C1CCN(C(=O)[C@@H](NC(=O)N[C@H](C(=O)C2CC2)C2CCCCC2)C(C)(C)C)[C@@H]1C(=O)NC(CC1CCC1)C(=O)C(N)=O. The molecule has 0 aromatic heterocycles. The van der Waals surface area contributed by atoms with Gasteiger partial charge in [-0.25, -0.2) is 4.79 Å². The first-order valence-electron chi connectivity index (χ1n) is 17.2. The van der Waals surface area contributed by atoms with Gasteiger partial charge in [0.2, 0.25) is 17.6 Å². The van der Waals surface area contributed by atoms with Crippen LogP contribution in [0.2, 0.25) is 0 Å². The maximum Gasteiger partial charge on any atom is 0.316 e. The van der Waals surface area contributed by atoms with E-state index in [2.05, 4.69) is 16.0 Å². The second-order valence-electron chi connectivity index (χ2n) is 15.5. The van der Waals surface area contributed by atoms with Gasteiger partial charge in [0.05, 0.1) is 12.1 Å². The molecule has 1 aliphatic heterocycles. The lowest BCUT2D eigenvalue weighted by Crippen LogP contribution is -2.62. The van der Waals surface area contributed by atoms with E-state index in [-0.39, 0.29) is 41.3 Å². The Labute approximate surface area is 267 Å². The molecule has 0 aromatic rings. The van der Waals surface area contributed by atoms with Gasteiger partial charge in [-0.1, -0.05) is 73.1 Å². The number of rotatable bonds is 13. The number of primary amides is 1. The number of amides is 5. The van der Waals surface area contributed by atoms with Gasteiger partial charge in [-0.05, 0) is 67.6 Å². The Bertz CT molecular complexity index is 1130. The number of Topliss-reactive ketones (excluding diaryl/α,β-unsaturated/α-hetero) is 2. The van der Waals surface area contributed by atoms with E-state index < -0.39 is 53.2 Å². The Balaban J connectivity index is 1.52. The highest BCUT2D eigenvalue weighted by molar-refractivity contribution is 6.37. The third-order valence-electron chi connectivity index (χ3n) is 10.6. The second kappa shape index (κ2) is 14.6. The number of carbonyl (C=O) groups is 6. The standard InChI is InChI=1S/C34H55N5O6/c1-19(2)23-16-17-39(26(23)31(43)36-24(28(41)30(35)42)18-20-10-9-11-20)32(44)29(34(3,4)5)38-33(45)37-25(27(40)22-14-15-22)21-12-7-6-8-13-21/h19-26,29H,6-18H2,1-5H3,(H2,35,42)(H,36,43)(H2,37,38,45)/t23?,24?,25-,26-,29+/m0/s1. The van der Waals surface area contributed by atoms with Crippen molar-refractivity contribution in [3.05, 3.63) is 0 Å². The van der Waals surface area contributed by atoms with Crippen LogP contribution in [0.3, 0.4) is 0 Å². The summed E-state index contributed by atoms with van der Waals surface area (Å²) in [5, 5.41) is 8.66. The van der Waals surface area contributed by atoms with Crippen LogP contribution < -0.4 is 21.7 Å². The van der Waals surface area contributed by atoms with E-state index in [1.807, 2.05) is 34.6 Å². The topological polar surface area (TPSA) is 168 Å². The molecule has 2 unspecified atom stereocenters. The highest BCUT2D eigenvalue weighted by atomic mass is 16.2. The van der Waals surface area contributed by atoms with Crippen molar-refractivity contribution in [1.82, 2.24) is 20.9 Å². The minimum Gasteiger partial charge on any atom is -0.363 e. The van der Waals surface area contributed by atoms with Crippen LogP contribution in [0.1, 0.15) is 112 Å². The molecule has 0 spiro atoms. The number of hydrogen-bond acceptors (Lipinski definition) is 6. The van der Waals surface area contributed by atoms with Gasteiger partial charge >= 0.3 is 6.03 Å². The van der Waals surface area contributed by atoms with E-state index >= 15 is 0 Å². The van der Waals surface area contributed by atoms with Crippen molar-refractivity contribution in [2.24, 2.45) is 40.7 Å². The Kier molecular flexibility index (Phi) is 11.3. The lowest BCUT2D eigenvalue weighted by Gasteiger charge is -2.38. The molecule has 5 atom stereocenters. The molecule has 4 fully saturated rings. The number of urea groups is 1. The number of ketones is 2. The van der Waals surface area contributed by atoms with Crippen LogP contribution in [0, 0.1) is 35.0 Å². The molecule has 11 heteroatoms. The molecule has 3 aliphatic carbocycles. The normalized spacial score (nSPS) is 24.7. The molecular weight excluding hydrogens is 574 g/mol. The summed E-state index contributed by atoms with van der Waals surface area (Å²) in [6.07, 6.45) is 10.5. The molecule has 0 bridgehead atoms. The van der Waals surface area contributed by atoms with Gasteiger partial charge in [0.1, 0.15) is 12.1 Å². The third kappa shape index (κ3) is 8.64. The number of likely N-dealkylation sites (tertiary alicyclic amines) is 1. The summed E-state index contributed by atoms with van der Waals surface area (Å²) in [5.74, 6) is -2.48. The van der Waals surface area contributed by atoms with Crippen LogP contribution in [0.25, 0.3) is 0 Å². The lowest BCUT2D eigenvalue weighted by atomic mass is 9.80. The molecule has 0 aromatic carbocycles. The van der Waals surface area contributed by atoms with Crippen molar-refractivity contribution in [1.29, 1.82) is 0 Å². The van der Waals surface area contributed by atoms with Crippen LogP contribution >= 0.6 is 0 Å². The van der Waals surface area contributed by atoms with Crippen molar-refractivity contribution in [3.8, 4) is 0 Å². The summed E-state index contributed by atoms with van der Waals surface area (Å²) >= 11 is 0. The molecule has 252 valence electrons. The Hall–Kier alpha value is -2.98. The molecule has 5 N–H and O–H groups in total. The molecule has 45 heavy (non-hydrogen) atoms. The first kappa shape index (κ1) is 34.9. The predicted octanol–water partition coefficient (Wildman–Crippen LogP) is 3.23. The van der Waals surface area contributed by atoms with Crippen molar-refractivity contribution in [3.63, 3.8) is 0 Å². The second-order valence-corrected chi connectivity index (χ2v) is 15.5. The maximum absolute atomic E-state index is 14.3. The van der Waals surface area contributed by atoms with Gasteiger partial charge < -0.3 is 26.6 Å². The largest absolute Gasteiger partial charge is 0.363 e. The lowest BCUT2D eigenvalue weighted by molar-refractivity contribution is -0.144. The summed E-state index contributed by atoms with van der Waals surface area (Å²) in [6.45, 7) is 9.87. The van der Waals surface area contributed by atoms with Crippen LogP contribution in [-0.4, -0.2) is 70.9 Å². The molecule has 0 radical (unpaired) electrons. The van der Waals surface area contributed by atoms with Crippen molar-refractivity contribution in [2.75, 3.05) is 6.54 Å². The minimum atomic E-state index is -1.09. The van der Waals surface area contributed by atoms with Gasteiger partial charge in [0.25, 0.3) is 5.91 Å². The zero-order valence-electron chi connectivity index (χ0n) is 27.9. The molecule has 3 saturated carbocycles. The highest BCUT2D eigenvalue weighted by Gasteiger charge is 2.48. The number of hydrogen-bond donors (Lipinski definition) is 4. The quantitative estimate of drug-likeness (QED) is 0.228. The smallest absolute Gasteiger partial charge is 0.316 e. The summed E-state index contributed by atoms with van der Waals surface area (Å²) in [4.78, 5) is 81.0. The third-order valence-corrected chi connectivity index (χ3v) is 10.6. The van der Waals surface area contributed by atoms with Gasteiger partial charge in [0, 0.05) is 12.5 Å². The van der Waals surface area contributed by atoms with E-state index in [0.717, 1.165) is 64.2 Å². The van der Waals surface area contributed by atoms with Crippen LogP contribution in [0.4, 0.5) is 4.79 Å². The summed E-state index contributed by atoms with van der Waals surface area (Å²) < 4.78 is 0. The van der Waals surface area contributed by atoms with E-state index in [1.165, 1.54) is 4.90 Å². The zero-order valence-corrected chi connectivity index (χ0v) is 27.9. The fourth-order valence-electron chi connectivity index (χ4n) is 7.46. The van der Waals surface area contributed by atoms with Crippen LogP contribution in [-0.2, 0) is 24.0 Å². The fraction of sp³-hybridized carbons (Fsp3) is 0.824. The summed E-state index contributed by atoms with van der Waals surface area (Å²) in [6, 6.07) is -4.00. The van der Waals surface area contributed by atoms with E-state index in [4.69, 9.17) is 5.73 Å². The molecule has 1 saturated heterocycles. The van der Waals surface area contributed by atoms with E-state index in [1.54, 1.807) is 0 Å². The molecule has 1 heterocycles. The van der Waals surface area contributed by atoms with Crippen molar-refractivity contribution in [2.45, 2.75) is 136 Å². The minimum absolute atomic E-state index is 0.00340. The van der Waals surface area contributed by atoms with Crippen LogP contribution in [0.5, 0.6) is 0 Å². The molecule has 4 aliphatic rings. The Morgan fingerprint density at radius 3 is 1.98 bits per heavy atom. The monoisotopic (exact) mass is 629 g/mol. The average Bonchev–Trinajstić information content (AvgIpc) is 3.71. The maximum atomic E-state index is 14.3. The number of carbonyl (C=O) groups excluding carboxylic acids is 6. The zero-order chi connectivity index (χ0) is 33.1. The van der Waals surface area contributed by atoms with Gasteiger partial charge in [0.15, 0.2) is 5.78 Å². The first-order chi connectivity index (χ1) is 21.2. The van der Waals surface area contributed by atoms with Crippen molar-refractivity contribution < 1.29 is 28.8 Å². The number of nitrogens with zero attached hydrogens (tertiary/aromatic N) is 1.